The van der Waals surface area contributed by atoms with Gasteiger partial charge in [-0.3, -0.25) is 9.59 Å². The van der Waals surface area contributed by atoms with Gasteiger partial charge in [-0.2, -0.15) is 0 Å². The zero-order valence-corrected chi connectivity index (χ0v) is 17.3. The van der Waals surface area contributed by atoms with Crippen LogP contribution in [0.15, 0.2) is 0 Å². The Balaban J connectivity index is 1.37. The maximum absolute atomic E-state index is 13.1. The van der Waals surface area contributed by atoms with E-state index in [-0.39, 0.29) is 34.5 Å². The Morgan fingerprint density at radius 2 is 1.89 bits per heavy atom. The second kappa shape index (κ2) is 6.83. The molecule has 0 spiro atoms. The van der Waals surface area contributed by atoms with Gasteiger partial charge in [-0.25, -0.2) is 0 Å². The van der Waals surface area contributed by atoms with Crippen molar-refractivity contribution >= 4 is 11.8 Å². The second-order valence-electron chi connectivity index (χ2n) is 9.41. The van der Waals surface area contributed by atoms with Crippen molar-refractivity contribution in [2.45, 2.75) is 53.6 Å². The third kappa shape index (κ3) is 3.11. The highest BCUT2D eigenvalue weighted by molar-refractivity contribution is 5.84. The Morgan fingerprint density at radius 1 is 1.14 bits per heavy atom. The third-order valence-corrected chi connectivity index (χ3v) is 7.40. The number of carbonyl (C=O) groups excluding carboxylic acids is 2. The van der Waals surface area contributed by atoms with Crippen molar-refractivity contribution in [3.05, 3.63) is 11.6 Å². The fraction of sp³-hybridized carbons (Fsp3) is 0.800. The van der Waals surface area contributed by atoms with Crippen LogP contribution in [0.25, 0.3) is 0 Å². The molecule has 154 valence electrons. The molecule has 2 fully saturated rings. The molecule has 1 saturated heterocycles. The number of amides is 2. The van der Waals surface area contributed by atoms with Crippen LogP contribution in [0.2, 0.25) is 0 Å². The Bertz CT molecular complexity index is 765. The van der Waals surface area contributed by atoms with Gasteiger partial charge >= 0.3 is 0 Å². The first-order valence-corrected chi connectivity index (χ1v) is 10.3. The SMILES string of the molecule is CC1(C)C(C(=O)N2CCc3nnc(CNC(=O)C4CCOC4)n3CC2)C1(C)C. The molecular formula is C20H31N5O3. The zero-order chi connectivity index (χ0) is 20.1. The van der Waals surface area contributed by atoms with E-state index in [1.807, 2.05) is 4.90 Å². The first-order valence-electron chi connectivity index (χ1n) is 10.3. The number of fused-ring (bicyclic) bond motifs is 1. The van der Waals surface area contributed by atoms with E-state index >= 15 is 0 Å². The summed E-state index contributed by atoms with van der Waals surface area (Å²) in [6.07, 6.45) is 1.46. The van der Waals surface area contributed by atoms with Crippen LogP contribution in [0.4, 0.5) is 0 Å². The van der Waals surface area contributed by atoms with Crippen LogP contribution in [0.1, 0.15) is 45.8 Å². The van der Waals surface area contributed by atoms with Crippen LogP contribution in [0.5, 0.6) is 0 Å². The summed E-state index contributed by atoms with van der Waals surface area (Å²) in [6, 6.07) is 0. The molecule has 1 atom stereocenters. The van der Waals surface area contributed by atoms with E-state index in [0.29, 0.717) is 45.8 Å². The molecule has 1 saturated carbocycles. The van der Waals surface area contributed by atoms with E-state index < -0.39 is 0 Å². The topological polar surface area (TPSA) is 89.3 Å². The molecule has 2 aliphatic heterocycles. The number of hydrogen-bond acceptors (Lipinski definition) is 5. The summed E-state index contributed by atoms with van der Waals surface area (Å²) in [5.41, 5.74) is 0.0931. The lowest BCUT2D eigenvalue weighted by Gasteiger charge is -2.21. The van der Waals surface area contributed by atoms with Crippen molar-refractivity contribution in [2.75, 3.05) is 26.3 Å². The molecule has 4 rings (SSSR count). The molecule has 2 amide bonds. The summed E-state index contributed by atoms with van der Waals surface area (Å²) in [7, 11) is 0. The molecule has 1 aromatic rings. The van der Waals surface area contributed by atoms with Crippen molar-refractivity contribution in [2.24, 2.45) is 22.7 Å². The third-order valence-electron chi connectivity index (χ3n) is 7.40. The molecule has 1 unspecified atom stereocenters. The molecule has 1 N–H and O–H groups in total. The van der Waals surface area contributed by atoms with E-state index in [4.69, 9.17) is 4.74 Å². The van der Waals surface area contributed by atoms with Crippen LogP contribution in [0, 0.1) is 22.7 Å². The summed E-state index contributed by atoms with van der Waals surface area (Å²) in [4.78, 5) is 27.3. The summed E-state index contributed by atoms with van der Waals surface area (Å²) >= 11 is 0. The van der Waals surface area contributed by atoms with E-state index in [2.05, 4.69) is 47.8 Å². The first-order chi connectivity index (χ1) is 13.2. The lowest BCUT2D eigenvalue weighted by molar-refractivity contribution is -0.133. The van der Waals surface area contributed by atoms with E-state index in [0.717, 1.165) is 18.1 Å². The number of nitrogens with zero attached hydrogens (tertiary/aromatic N) is 4. The largest absolute Gasteiger partial charge is 0.381 e. The van der Waals surface area contributed by atoms with E-state index in [9.17, 15) is 9.59 Å². The van der Waals surface area contributed by atoms with Gasteiger partial charge in [0, 0.05) is 38.6 Å². The van der Waals surface area contributed by atoms with Gasteiger partial charge < -0.3 is 19.5 Å². The molecule has 1 aromatic heterocycles. The standard InChI is InChI=1S/C20H31N5O3/c1-19(2)16(20(19,3)4)18(27)24-7-5-14-22-23-15(25(14)9-8-24)11-21-17(26)13-6-10-28-12-13/h13,16H,5-12H2,1-4H3,(H,21,26). The van der Waals surface area contributed by atoms with E-state index in [1.54, 1.807) is 0 Å². The molecule has 3 aliphatic rings. The Morgan fingerprint density at radius 3 is 2.54 bits per heavy atom. The van der Waals surface area contributed by atoms with Gasteiger partial charge in [-0.15, -0.1) is 10.2 Å². The molecule has 0 bridgehead atoms. The Kier molecular flexibility index (Phi) is 4.72. The lowest BCUT2D eigenvalue weighted by Crippen LogP contribution is -2.36. The summed E-state index contributed by atoms with van der Waals surface area (Å²) < 4.78 is 7.34. The zero-order valence-electron chi connectivity index (χ0n) is 17.3. The molecule has 1 aliphatic carbocycles. The summed E-state index contributed by atoms with van der Waals surface area (Å²) in [6.45, 7) is 12.2. The predicted molar refractivity (Wildman–Crippen MR) is 102 cm³/mol. The molecular weight excluding hydrogens is 358 g/mol. The highest BCUT2D eigenvalue weighted by Gasteiger charge is 2.68. The average molecular weight is 390 g/mol. The number of rotatable bonds is 4. The smallest absolute Gasteiger partial charge is 0.226 e. The van der Waals surface area contributed by atoms with Gasteiger partial charge in [-0.05, 0) is 17.3 Å². The van der Waals surface area contributed by atoms with Crippen molar-refractivity contribution in [3.63, 3.8) is 0 Å². The monoisotopic (exact) mass is 389 g/mol. The van der Waals surface area contributed by atoms with Crippen LogP contribution < -0.4 is 5.32 Å². The lowest BCUT2D eigenvalue weighted by atomic mass is 10.0. The normalized spacial score (nSPS) is 25.9. The van der Waals surface area contributed by atoms with Crippen LogP contribution in [-0.2, 0) is 33.8 Å². The van der Waals surface area contributed by atoms with Gasteiger partial charge in [0.2, 0.25) is 11.8 Å². The van der Waals surface area contributed by atoms with Gasteiger partial charge in [0.15, 0.2) is 5.82 Å². The van der Waals surface area contributed by atoms with Crippen molar-refractivity contribution in [3.8, 4) is 0 Å². The summed E-state index contributed by atoms with van der Waals surface area (Å²) in [5.74, 6) is 1.92. The highest BCUT2D eigenvalue weighted by Crippen LogP contribution is 2.68. The van der Waals surface area contributed by atoms with Crippen LogP contribution in [0.3, 0.4) is 0 Å². The van der Waals surface area contributed by atoms with Gasteiger partial charge in [-0.1, -0.05) is 27.7 Å². The minimum Gasteiger partial charge on any atom is -0.381 e. The molecule has 8 nitrogen and oxygen atoms in total. The van der Waals surface area contributed by atoms with Gasteiger partial charge in [0.1, 0.15) is 5.82 Å². The number of ether oxygens (including phenoxy) is 1. The first kappa shape index (κ1) is 19.4. The number of hydrogen-bond donors (Lipinski definition) is 1. The van der Waals surface area contributed by atoms with Gasteiger partial charge in [0.05, 0.1) is 19.1 Å². The number of aromatic nitrogens is 3. The maximum atomic E-state index is 13.1. The predicted octanol–water partition coefficient (Wildman–Crippen LogP) is 0.998. The fourth-order valence-electron chi connectivity index (χ4n) is 4.78. The Hall–Kier alpha value is -1.96. The van der Waals surface area contributed by atoms with Crippen molar-refractivity contribution < 1.29 is 14.3 Å². The molecule has 0 aromatic carbocycles. The van der Waals surface area contributed by atoms with Crippen LogP contribution in [-0.4, -0.2) is 57.8 Å². The fourth-order valence-corrected chi connectivity index (χ4v) is 4.78. The molecule has 28 heavy (non-hydrogen) atoms. The molecule has 0 radical (unpaired) electrons. The molecule has 8 heteroatoms. The van der Waals surface area contributed by atoms with Crippen LogP contribution >= 0.6 is 0 Å². The van der Waals surface area contributed by atoms with Crippen molar-refractivity contribution in [1.29, 1.82) is 0 Å². The quantitative estimate of drug-likeness (QED) is 0.830. The van der Waals surface area contributed by atoms with E-state index in [1.165, 1.54) is 0 Å². The summed E-state index contributed by atoms with van der Waals surface area (Å²) in [5, 5.41) is 11.5. The maximum Gasteiger partial charge on any atom is 0.226 e. The Labute approximate surface area is 166 Å². The molecule has 3 heterocycles. The highest BCUT2D eigenvalue weighted by atomic mass is 16.5. The second-order valence-corrected chi connectivity index (χ2v) is 9.41. The minimum absolute atomic E-state index is 0.0125. The minimum atomic E-state index is -0.0649. The average Bonchev–Trinajstić information content (AvgIpc) is 3.07. The number of nitrogens with one attached hydrogen (secondary N) is 1. The van der Waals surface area contributed by atoms with Gasteiger partial charge in [0.25, 0.3) is 0 Å². The van der Waals surface area contributed by atoms with Crippen molar-refractivity contribution in [1.82, 2.24) is 25.0 Å². The number of carbonyl (C=O) groups is 2.